The van der Waals surface area contributed by atoms with Gasteiger partial charge in [0, 0.05) is 24.3 Å². The van der Waals surface area contributed by atoms with Crippen molar-refractivity contribution in [2.45, 2.75) is 0 Å². The lowest BCUT2D eigenvalue weighted by atomic mass is 10.1. The van der Waals surface area contributed by atoms with Crippen molar-refractivity contribution in [1.29, 1.82) is 0 Å². The van der Waals surface area contributed by atoms with Gasteiger partial charge in [0.2, 0.25) is 5.69 Å². The second-order valence-electron chi connectivity index (χ2n) is 3.99. The highest BCUT2D eigenvalue weighted by Crippen LogP contribution is 2.18. The van der Waals surface area contributed by atoms with Crippen molar-refractivity contribution in [3.63, 3.8) is 0 Å². The lowest BCUT2D eigenvalue weighted by Crippen LogP contribution is -1.95. The molecular weight excluding hydrogens is 256 g/mol. The topological polar surface area (TPSA) is 69.2 Å². The minimum Gasteiger partial charge on any atom is -0.618 e. The Balaban J connectivity index is 2.21. The first-order valence-corrected chi connectivity index (χ1v) is 5.95. The summed E-state index contributed by atoms with van der Waals surface area (Å²) in [6.45, 7) is 0. The zero-order chi connectivity index (χ0) is 14.4. The van der Waals surface area contributed by atoms with E-state index in [0.717, 1.165) is 0 Å². The summed E-state index contributed by atoms with van der Waals surface area (Å²) in [4.78, 5) is 10.4. The van der Waals surface area contributed by atoms with Crippen molar-refractivity contribution in [3.05, 3.63) is 81.6 Å². The molecule has 20 heavy (non-hydrogen) atoms. The van der Waals surface area contributed by atoms with Gasteiger partial charge in [-0.3, -0.25) is 10.1 Å². The van der Waals surface area contributed by atoms with Crippen LogP contribution in [-0.4, -0.2) is 15.9 Å². The van der Waals surface area contributed by atoms with Crippen LogP contribution in [-0.2, 0) is 0 Å². The number of rotatable bonds is 4. The lowest BCUT2D eigenvalue weighted by molar-refractivity contribution is -0.385. The molecule has 0 aliphatic rings. The standard InChI is InChI=1S/C15H12N2O3/c18-16(14-9-2-1-3-10-14)12-6-8-13-7-4-5-11-15(13)17(19)20/h1-12H. The molecule has 0 aromatic heterocycles. The van der Waals surface area contributed by atoms with Crippen LogP contribution in [0, 0.1) is 15.3 Å². The highest BCUT2D eigenvalue weighted by Gasteiger charge is 2.08. The summed E-state index contributed by atoms with van der Waals surface area (Å²) in [5.41, 5.74) is 0.962. The summed E-state index contributed by atoms with van der Waals surface area (Å²) in [6, 6.07) is 15.1. The highest BCUT2D eigenvalue weighted by atomic mass is 16.6. The van der Waals surface area contributed by atoms with Crippen molar-refractivity contribution < 1.29 is 9.66 Å². The molecule has 0 spiro atoms. The molecule has 0 aliphatic carbocycles. The molecule has 5 nitrogen and oxygen atoms in total. The molecule has 0 atom stereocenters. The number of nitrogens with zero attached hydrogens (tertiary/aromatic N) is 2. The van der Waals surface area contributed by atoms with Crippen LogP contribution < -0.4 is 0 Å². The van der Waals surface area contributed by atoms with Crippen molar-refractivity contribution in [2.24, 2.45) is 0 Å². The molecular formula is C15H12N2O3. The van der Waals surface area contributed by atoms with Gasteiger partial charge < -0.3 is 5.21 Å². The third-order valence-corrected chi connectivity index (χ3v) is 2.64. The summed E-state index contributed by atoms with van der Waals surface area (Å²) in [5, 5.41) is 22.6. The maximum absolute atomic E-state index is 11.7. The summed E-state index contributed by atoms with van der Waals surface area (Å²) in [6.07, 6.45) is 4.33. The molecule has 0 aliphatic heterocycles. The first-order chi connectivity index (χ1) is 9.68. The summed E-state index contributed by atoms with van der Waals surface area (Å²) >= 11 is 0. The number of allylic oxidation sites excluding steroid dienone is 1. The minimum atomic E-state index is -0.453. The Morgan fingerprint density at radius 3 is 2.25 bits per heavy atom. The van der Waals surface area contributed by atoms with Crippen LogP contribution in [0.15, 0.2) is 60.7 Å². The molecule has 0 unspecified atom stereocenters. The van der Waals surface area contributed by atoms with Crippen LogP contribution in [0.25, 0.3) is 6.08 Å². The average Bonchev–Trinajstić information content (AvgIpc) is 2.48. The predicted octanol–water partition coefficient (Wildman–Crippen LogP) is 3.52. The van der Waals surface area contributed by atoms with Crippen molar-refractivity contribution in [3.8, 4) is 0 Å². The number of hydrogen-bond donors (Lipinski definition) is 0. The fourth-order valence-corrected chi connectivity index (χ4v) is 1.68. The SMILES string of the molecule is O=[N+]([O-])c1ccccc1C=CC=[N+]([O-])c1ccccc1. The molecule has 0 amide bonds. The van der Waals surface area contributed by atoms with E-state index in [9.17, 15) is 15.3 Å². The zero-order valence-electron chi connectivity index (χ0n) is 10.5. The molecule has 2 rings (SSSR count). The Bertz CT molecular complexity index is 664. The van der Waals surface area contributed by atoms with Crippen molar-refractivity contribution >= 4 is 23.7 Å². The molecule has 5 heteroatoms. The maximum Gasteiger partial charge on any atom is 0.276 e. The Morgan fingerprint density at radius 2 is 1.55 bits per heavy atom. The van der Waals surface area contributed by atoms with E-state index in [0.29, 0.717) is 16.0 Å². The molecule has 0 heterocycles. The van der Waals surface area contributed by atoms with Gasteiger partial charge in [-0.2, -0.15) is 4.74 Å². The first-order valence-electron chi connectivity index (χ1n) is 5.95. The Labute approximate surface area is 115 Å². The van der Waals surface area contributed by atoms with E-state index in [1.807, 2.05) is 6.07 Å². The number of hydrogen-bond acceptors (Lipinski definition) is 3. The van der Waals surface area contributed by atoms with Gasteiger partial charge in [0.1, 0.15) is 0 Å². The zero-order valence-corrected chi connectivity index (χ0v) is 10.5. The largest absolute Gasteiger partial charge is 0.618 e. The van der Waals surface area contributed by atoms with Crippen LogP contribution in [0.1, 0.15) is 5.56 Å². The normalized spacial score (nSPS) is 11.7. The van der Waals surface area contributed by atoms with Crippen LogP contribution in [0.4, 0.5) is 11.4 Å². The van der Waals surface area contributed by atoms with Crippen LogP contribution in [0.3, 0.4) is 0 Å². The molecule has 0 bridgehead atoms. The van der Waals surface area contributed by atoms with Gasteiger partial charge in [0.05, 0.1) is 10.5 Å². The molecule has 0 saturated heterocycles. The third kappa shape index (κ3) is 3.29. The van der Waals surface area contributed by atoms with Gasteiger partial charge in [-0.25, -0.2) is 0 Å². The van der Waals surface area contributed by atoms with Gasteiger partial charge in [0.25, 0.3) is 5.69 Å². The molecule has 0 saturated carbocycles. The third-order valence-electron chi connectivity index (χ3n) is 2.64. The van der Waals surface area contributed by atoms with Crippen molar-refractivity contribution in [2.75, 3.05) is 0 Å². The van der Waals surface area contributed by atoms with Crippen LogP contribution in [0.2, 0.25) is 0 Å². The Morgan fingerprint density at radius 1 is 0.900 bits per heavy atom. The van der Waals surface area contributed by atoms with Gasteiger partial charge >= 0.3 is 0 Å². The van der Waals surface area contributed by atoms with Crippen molar-refractivity contribution in [1.82, 2.24) is 0 Å². The second kappa shape index (κ2) is 6.29. The molecule has 0 fully saturated rings. The molecule has 0 radical (unpaired) electrons. The number of para-hydroxylation sites is 2. The van der Waals surface area contributed by atoms with Gasteiger partial charge in [0.15, 0.2) is 6.21 Å². The number of nitro groups is 1. The second-order valence-corrected chi connectivity index (χ2v) is 3.99. The molecule has 100 valence electrons. The average molecular weight is 268 g/mol. The van der Waals surface area contributed by atoms with Gasteiger partial charge in [-0.1, -0.05) is 30.3 Å². The van der Waals surface area contributed by atoms with Crippen LogP contribution in [0.5, 0.6) is 0 Å². The minimum absolute atomic E-state index is 0.00862. The van der Waals surface area contributed by atoms with Gasteiger partial charge in [-0.15, -0.1) is 0 Å². The van der Waals surface area contributed by atoms with E-state index in [4.69, 9.17) is 0 Å². The molecule has 0 N–H and O–H groups in total. The highest BCUT2D eigenvalue weighted by molar-refractivity contribution is 5.77. The van der Waals surface area contributed by atoms with E-state index in [1.54, 1.807) is 42.5 Å². The summed E-state index contributed by atoms with van der Waals surface area (Å²) in [7, 11) is 0. The lowest BCUT2D eigenvalue weighted by Gasteiger charge is -2.00. The number of nitro benzene ring substituents is 1. The van der Waals surface area contributed by atoms with E-state index in [2.05, 4.69) is 0 Å². The quantitative estimate of drug-likeness (QED) is 0.280. The van der Waals surface area contributed by atoms with E-state index >= 15 is 0 Å². The fourth-order valence-electron chi connectivity index (χ4n) is 1.68. The Kier molecular flexibility index (Phi) is 4.24. The van der Waals surface area contributed by atoms with E-state index < -0.39 is 4.92 Å². The maximum atomic E-state index is 11.7. The van der Waals surface area contributed by atoms with E-state index in [-0.39, 0.29) is 5.69 Å². The smallest absolute Gasteiger partial charge is 0.276 e. The van der Waals surface area contributed by atoms with Crippen LogP contribution >= 0.6 is 0 Å². The molecule has 2 aromatic carbocycles. The monoisotopic (exact) mass is 268 g/mol. The summed E-state index contributed by atoms with van der Waals surface area (Å²) in [5.74, 6) is 0. The fraction of sp³-hybridized carbons (Fsp3) is 0. The van der Waals surface area contributed by atoms with E-state index in [1.165, 1.54) is 24.4 Å². The molecule has 2 aromatic rings. The Hall–Kier alpha value is -2.95. The predicted molar refractivity (Wildman–Crippen MR) is 77.9 cm³/mol. The summed E-state index contributed by atoms with van der Waals surface area (Å²) < 4.78 is 0.700. The van der Waals surface area contributed by atoms with Gasteiger partial charge in [-0.05, 0) is 12.1 Å². The first kappa shape index (κ1) is 13.5. The number of benzene rings is 2.